The van der Waals surface area contributed by atoms with Crippen molar-refractivity contribution in [3.05, 3.63) is 58.9 Å². The molecule has 0 aliphatic carbocycles. The summed E-state index contributed by atoms with van der Waals surface area (Å²) in [5.74, 6) is -1.00. The number of rotatable bonds is 2. The fraction of sp³-hybridized carbons (Fsp3) is 0.154. The Labute approximate surface area is 98.3 Å². The molecule has 2 rings (SSSR count). The van der Waals surface area contributed by atoms with E-state index in [1.807, 2.05) is 0 Å². The first kappa shape index (κ1) is 11.4. The van der Waals surface area contributed by atoms with E-state index in [1.165, 1.54) is 18.5 Å². The van der Waals surface area contributed by atoms with Crippen LogP contribution in [0.1, 0.15) is 27.3 Å². The largest absolute Gasteiger partial charge is 0.285 e. The molecule has 0 amide bonds. The van der Waals surface area contributed by atoms with E-state index in [9.17, 15) is 9.18 Å². The van der Waals surface area contributed by atoms with Crippen molar-refractivity contribution in [1.29, 1.82) is 0 Å². The van der Waals surface area contributed by atoms with Crippen LogP contribution in [0.15, 0.2) is 30.6 Å². The van der Waals surface area contributed by atoms with Crippen LogP contribution in [0.4, 0.5) is 4.39 Å². The third kappa shape index (κ3) is 2.20. The second-order valence-corrected chi connectivity index (χ2v) is 3.84. The van der Waals surface area contributed by atoms with Crippen molar-refractivity contribution in [2.45, 2.75) is 13.8 Å². The highest BCUT2D eigenvalue weighted by Gasteiger charge is 2.18. The minimum absolute atomic E-state index is 0.0124. The van der Waals surface area contributed by atoms with Crippen molar-refractivity contribution in [1.82, 2.24) is 9.97 Å². The Balaban J connectivity index is 2.52. The van der Waals surface area contributed by atoms with Crippen molar-refractivity contribution in [2.75, 3.05) is 0 Å². The zero-order valence-electron chi connectivity index (χ0n) is 9.57. The van der Waals surface area contributed by atoms with Gasteiger partial charge in [0.25, 0.3) is 0 Å². The van der Waals surface area contributed by atoms with E-state index in [4.69, 9.17) is 0 Å². The van der Waals surface area contributed by atoms with Crippen LogP contribution in [0, 0.1) is 19.7 Å². The van der Waals surface area contributed by atoms with Crippen molar-refractivity contribution in [2.24, 2.45) is 0 Å². The third-order valence-corrected chi connectivity index (χ3v) is 2.43. The second kappa shape index (κ2) is 4.41. The van der Waals surface area contributed by atoms with Gasteiger partial charge < -0.3 is 0 Å². The SMILES string of the molecule is Cc1cc(C)c(C(=O)c2ncccn2)c(F)c1. The molecule has 0 atom stereocenters. The molecule has 0 aliphatic rings. The summed E-state index contributed by atoms with van der Waals surface area (Å²) in [6.07, 6.45) is 2.92. The van der Waals surface area contributed by atoms with Gasteiger partial charge in [0, 0.05) is 12.4 Å². The first-order chi connectivity index (χ1) is 8.09. The van der Waals surface area contributed by atoms with Gasteiger partial charge in [-0.2, -0.15) is 0 Å². The minimum Gasteiger partial charge on any atom is -0.285 e. The highest BCUT2D eigenvalue weighted by Crippen LogP contribution is 2.18. The maximum absolute atomic E-state index is 13.8. The van der Waals surface area contributed by atoms with Gasteiger partial charge in [-0.1, -0.05) is 6.07 Å². The molecule has 0 saturated carbocycles. The van der Waals surface area contributed by atoms with Gasteiger partial charge >= 0.3 is 0 Å². The fourth-order valence-corrected chi connectivity index (χ4v) is 1.73. The number of aromatic nitrogens is 2. The van der Waals surface area contributed by atoms with Gasteiger partial charge in [-0.05, 0) is 37.1 Å². The van der Waals surface area contributed by atoms with E-state index in [0.717, 1.165) is 5.56 Å². The second-order valence-electron chi connectivity index (χ2n) is 3.84. The Morgan fingerprint density at radius 1 is 1.18 bits per heavy atom. The molecule has 1 aromatic heterocycles. The molecule has 0 spiro atoms. The molecule has 2 aromatic rings. The Morgan fingerprint density at radius 2 is 1.82 bits per heavy atom. The smallest absolute Gasteiger partial charge is 0.233 e. The van der Waals surface area contributed by atoms with Gasteiger partial charge in [0.05, 0.1) is 5.56 Å². The molecule has 0 N–H and O–H groups in total. The number of hydrogen-bond acceptors (Lipinski definition) is 3. The highest BCUT2D eigenvalue weighted by atomic mass is 19.1. The van der Waals surface area contributed by atoms with Crippen LogP contribution >= 0.6 is 0 Å². The van der Waals surface area contributed by atoms with Crippen LogP contribution in [-0.4, -0.2) is 15.8 Å². The maximum Gasteiger partial charge on any atom is 0.233 e. The fourth-order valence-electron chi connectivity index (χ4n) is 1.73. The van der Waals surface area contributed by atoms with Crippen molar-refractivity contribution in [3.63, 3.8) is 0 Å². The molecule has 1 heterocycles. The molecule has 17 heavy (non-hydrogen) atoms. The van der Waals surface area contributed by atoms with Gasteiger partial charge in [0.2, 0.25) is 11.6 Å². The number of carbonyl (C=O) groups excluding carboxylic acids is 1. The number of nitrogens with zero attached hydrogens (tertiary/aromatic N) is 2. The standard InChI is InChI=1S/C13H11FN2O/c1-8-6-9(2)11(10(14)7-8)12(17)13-15-4-3-5-16-13/h3-7H,1-2H3. The van der Waals surface area contributed by atoms with Gasteiger partial charge in [-0.15, -0.1) is 0 Å². The zero-order valence-corrected chi connectivity index (χ0v) is 9.57. The summed E-state index contributed by atoms with van der Waals surface area (Å²) in [4.78, 5) is 19.7. The number of carbonyl (C=O) groups is 1. The Morgan fingerprint density at radius 3 is 2.41 bits per heavy atom. The Hall–Kier alpha value is -2.10. The van der Waals surface area contributed by atoms with E-state index in [2.05, 4.69) is 9.97 Å². The lowest BCUT2D eigenvalue weighted by Gasteiger charge is -2.06. The molecule has 1 aromatic carbocycles. The monoisotopic (exact) mass is 230 g/mol. The molecule has 4 heteroatoms. The van der Waals surface area contributed by atoms with Crippen LogP contribution in [0.25, 0.3) is 0 Å². The van der Waals surface area contributed by atoms with Crippen molar-refractivity contribution >= 4 is 5.78 Å². The summed E-state index contributed by atoms with van der Waals surface area (Å²) < 4.78 is 13.8. The summed E-state index contributed by atoms with van der Waals surface area (Å²) in [5, 5.41) is 0. The summed E-state index contributed by atoms with van der Waals surface area (Å²) in [6.45, 7) is 3.48. The molecule has 3 nitrogen and oxygen atoms in total. The molecule has 0 unspecified atom stereocenters. The van der Waals surface area contributed by atoms with Crippen LogP contribution in [0.5, 0.6) is 0 Å². The maximum atomic E-state index is 13.8. The van der Waals surface area contributed by atoms with E-state index in [1.54, 1.807) is 26.0 Å². The molecular formula is C13H11FN2O. The lowest BCUT2D eigenvalue weighted by atomic mass is 10.0. The molecule has 0 bridgehead atoms. The molecule has 86 valence electrons. The quantitative estimate of drug-likeness (QED) is 0.744. The predicted octanol–water partition coefficient (Wildman–Crippen LogP) is 2.46. The van der Waals surface area contributed by atoms with Crippen LogP contribution in [0.3, 0.4) is 0 Å². The predicted molar refractivity (Wildman–Crippen MR) is 61.3 cm³/mol. The topological polar surface area (TPSA) is 42.9 Å². The molecule has 0 fully saturated rings. The first-order valence-electron chi connectivity index (χ1n) is 5.18. The zero-order chi connectivity index (χ0) is 12.4. The molecule has 0 saturated heterocycles. The van der Waals surface area contributed by atoms with E-state index in [0.29, 0.717) is 5.56 Å². The molecule has 0 radical (unpaired) electrons. The normalized spacial score (nSPS) is 10.3. The Bertz CT molecular complexity index is 544. The van der Waals surface area contributed by atoms with Crippen LogP contribution in [0.2, 0.25) is 0 Å². The van der Waals surface area contributed by atoms with Crippen LogP contribution < -0.4 is 0 Å². The van der Waals surface area contributed by atoms with E-state index in [-0.39, 0.29) is 11.4 Å². The summed E-state index contributed by atoms with van der Waals surface area (Å²) in [6, 6.07) is 4.71. The average molecular weight is 230 g/mol. The molecular weight excluding hydrogens is 219 g/mol. The van der Waals surface area contributed by atoms with Gasteiger partial charge in [-0.25, -0.2) is 14.4 Å². The first-order valence-corrected chi connectivity index (χ1v) is 5.18. The lowest BCUT2D eigenvalue weighted by Crippen LogP contribution is -2.10. The third-order valence-electron chi connectivity index (χ3n) is 2.43. The van der Waals surface area contributed by atoms with Crippen molar-refractivity contribution in [3.8, 4) is 0 Å². The van der Waals surface area contributed by atoms with Gasteiger partial charge in [-0.3, -0.25) is 4.79 Å². The van der Waals surface area contributed by atoms with E-state index < -0.39 is 11.6 Å². The lowest BCUT2D eigenvalue weighted by molar-refractivity contribution is 0.102. The number of aryl methyl sites for hydroxylation is 2. The van der Waals surface area contributed by atoms with Crippen LogP contribution in [-0.2, 0) is 0 Å². The van der Waals surface area contributed by atoms with Crippen molar-refractivity contribution < 1.29 is 9.18 Å². The summed E-state index contributed by atoms with van der Waals surface area (Å²) in [7, 11) is 0. The number of hydrogen-bond donors (Lipinski definition) is 0. The molecule has 0 aliphatic heterocycles. The van der Waals surface area contributed by atoms with Gasteiger partial charge in [0.15, 0.2) is 0 Å². The van der Waals surface area contributed by atoms with Gasteiger partial charge in [0.1, 0.15) is 5.82 Å². The summed E-state index contributed by atoms with van der Waals surface area (Å²) in [5.41, 5.74) is 1.42. The minimum atomic E-state index is -0.528. The van der Waals surface area contributed by atoms with E-state index >= 15 is 0 Å². The number of halogens is 1. The highest BCUT2D eigenvalue weighted by molar-refractivity contribution is 6.07. The number of ketones is 1. The number of benzene rings is 1. The average Bonchev–Trinajstić information content (AvgIpc) is 2.28. The Kier molecular flexibility index (Phi) is 2.95. The summed E-state index contributed by atoms with van der Waals surface area (Å²) >= 11 is 0.